The zero-order valence-electron chi connectivity index (χ0n) is 9.90. The molecule has 0 bridgehead atoms. The second-order valence-electron chi connectivity index (χ2n) is 4.73. The molecule has 0 amide bonds. The van der Waals surface area contributed by atoms with Crippen molar-refractivity contribution in [1.82, 2.24) is 0 Å². The van der Waals surface area contributed by atoms with E-state index in [2.05, 4.69) is 27.7 Å². The Bertz CT molecular complexity index is 130. The van der Waals surface area contributed by atoms with Crippen LogP contribution in [-0.4, -0.2) is 0 Å². The number of hydrogen-bond donors (Lipinski definition) is 0. The van der Waals surface area contributed by atoms with Crippen LogP contribution in [0.1, 0.15) is 66.2 Å². The van der Waals surface area contributed by atoms with Gasteiger partial charge < -0.3 is 0 Å². The summed E-state index contributed by atoms with van der Waals surface area (Å²) in [7, 11) is 0. The van der Waals surface area contributed by atoms with Crippen molar-refractivity contribution in [1.29, 1.82) is 0 Å². The van der Waals surface area contributed by atoms with Crippen molar-refractivity contribution in [3.8, 4) is 0 Å². The van der Waals surface area contributed by atoms with Crippen molar-refractivity contribution in [2.75, 3.05) is 0 Å². The minimum atomic E-state index is 0.712. The third-order valence-electron chi connectivity index (χ3n) is 4.79. The first-order valence-electron chi connectivity index (χ1n) is 6.25. The first-order chi connectivity index (χ1) is 6.25. The zero-order chi connectivity index (χ0) is 9.90. The van der Waals surface area contributed by atoms with Crippen LogP contribution in [0.3, 0.4) is 0 Å². The summed E-state index contributed by atoms with van der Waals surface area (Å²) in [5.41, 5.74) is 0.712. The summed E-state index contributed by atoms with van der Waals surface area (Å²) >= 11 is 0. The van der Waals surface area contributed by atoms with E-state index in [0.29, 0.717) is 5.41 Å². The summed E-state index contributed by atoms with van der Waals surface area (Å²) in [5, 5.41) is 0. The number of hydrogen-bond acceptors (Lipinski definition) is 0. The van der Waals surface area contributed by atoms with Crippen LogP contribution in [0.5, 0.6) is 0 Å². The molecule has 13 heavy (non-hydrogen) atoms. The van der Waals surface area contributed by atoms with E-state index in [0.717, 1.165) is 11.8 Å². The van der Waals surface area contributed by atoms with Gasteiger partial charge in [-0.05, 0) is 42.9 Å². The van der Waals surface area contributed by atoms with Crippen molar-refractivity contribution < 1.29 is 0 Å². The Morgan fingerprint density at radius 1 is 0.846 bits per heavy atom. The molecule has 2 atom stereocenters. The van der Waals surface area contributed by atoms with Crippen LogP contribution in [-0.2, 0) is 0 Å². The second kappa shape index (κ2) is 4.48. The SMILES string of the molecule is CCC1CCC(CC)C1(CC)CC. The van der Waals surface area contributed by atoms with E-state index in [4.69, 9.17) is 0 Å². The predicted molar refractivity (Wildman–Crippen MR) is 59.8 cm³/mol. The molecule has 1 aliphatic carbocycles. The van der Waals surface area contributed by atoms with Crippen molar-refractivity contribution in [2.24, 2.45) is 17.3 Å². The monoisotopic (exact) mass is 182 g/mol. The highest BCUT2D eigenvalue weighted by Gasteiger charge is 2.45. The van der Waals surface area contributed by atoms with Crippen molar-refractivity contribution in [3.63, 3.8) is 0 Å². The van der Waals surface area contributed by atoms with Gasteiger partial charge in [0.25, 0.3) is 0 Å². The standard InChI is InChI=1S/C13H26/c1-5-11-9-10-12(6-2)13(11,7-3)8-4/h11-12H,5-10H2,1-4H3. The third kappa shape index (κ3) is 1.65. The number of rotatable bonds is 4. The quantitative estimate of drug-likeness (QED) is 0.594. The van der Waals surface area contributed by atoms with E-state index >= 15 is 0 Å². The van der Waals surface area contributed by atoms with Crippen LogP contribution < -0.4 is 0 Å². The molecule has 0 aliphatic heterocycles. The van der Waals surface area contributed by atoms with Gasteiger partial charge in [-0.3, -0.25) is 0 Å². The van der Waals surface area contributed by atoms with Gasteiger partial charge in [-0.25, -0.2) is 0 Å². The molecule has 0 heterocycles. The normalized spacial score (nSPS) is 32.3. The molecule has 0 nitrogen and oxygen atoms in total. The van der Waals surface area contributed by atoms with Gasteiger partial charge >= 0.3 is 0 Å². The van der Waals surface area contributed by atoms with E-state index < -0.39 is 0 Å². The molecule has 0 saturated heterocycles. The van der Waals surface area contributed by atoms with Crippen LogP contribution in [0.15, 0.2) is 0 Å². The van der Waals surface area contributed by atoms with Crippen LogP contribution >= 0.6 is 0 Å². The summed E-state index contributed by atoms with van der Waals surface area (Å²) in [6, 6.07) is 0. The van der Waals surface area contributed by atoms with Crippen LogP contribution in [0.2, 0.25) is 0 Å². The molecule has 1 fully saturated rings. The lowest BCUT2D eigenvalue weighted by atomic mass is 9.66. The summed E-state index contributed by atoms with van der Waals surface area (Å²) in [6.45, 7) is 9.56. The van der Waals surface area contributed by atoms with Gasteiger partial charge in [-0.2, -0.15) is 0 Å². The summed E-state index contributed by atoms with van der Waals surface area (Å²) < 4.78 is 0. The van der Waals surface area contributed by atoms with Gasteiger partial charge in [-0.15, -0.1) is 0 Å². The van der Waals surface area contributed by atoms with Gasteiger partial charge in [0, 0.05) is 0 Å². The Kier molecular flexibility index (Phi) is 3.82. The second-order valence-corrected chi connectivity index (χ2v) is 4.73. The van der Waals surface area contributed by atoms with Gasteiger partial charge in [-0.1, -0.05) is 40.5 Å². The van der Waals surface area contributed by atoms with Crippen molar-refractivity contribution >= 4 is 0 Å². The fourth-order valence-corrected chi connectivity index (χ4v) is 3.94. The van der Waals surface area contributed by atoms with Crippen LogP contribution in [0.25, 0.3) is 0 Å². The Hall–Kier alpha value is 0. The fraction of sp³-hybridized carbons (Fsp3) is 1.00. The fourth-order valence-electron chi connectivity index (χ4n) is 3.94. The Balaban J connectivity index is 2.81. The van der Waals surface area contributed by atoms with Crippen LogP contribution in [0, 0.1) is 17.3 Å². The molecule has 0 heteroatoms. The van der Waals surface area contributed by atoms with E-state index in [1.165, 1.54) is 38.5 Å². The highest BCUT2D eigenvalue weighted by molar-refractivity contribution is 4.95. The average molecular weight is 182 g/mol. The lowest BCUT2D eigenvalue weighted by molar-refractivity contribution is 0.110. The van der Waals surface area contributed by atoms with E-state index in [1.807, 2.05) is 0 Å². The van der Waals surface area contributed by atoms with Gasteiger partial charge in [0.15, 0.2) is 0 Å². The molecule has 78 valence electrons. The molecule has 1 rings (SSSR count). The predicted octanol–water partition coefficient (Wildman–Crippen LogP) is 4.64. The van der Waals surface area contributed by atoms with Gasteiger partial charge in [0.2, 0.25) is 0 Å². The van der Waals surface area contributed by atoms with Crippen molar-refractivity contribution in [3.05, 3.63) is 0 Å². The lowest BCUT2D eigenvalue weighted by Gasteiger charge is -2.38. The molecule has 0 aromatic rings. The van der Waals surface area contributed by atoms with E-state index in [-0.39, 0.29) is 0 Å². The Morgan fingerprint density at radius 3 is 1.46 bits per heavy atom. The molecule has 1 aliphatic rings. The Labute approximate surface area is 84.1 Å². The Morgan fingerprint density at radius 2 is 1.23 bits per heavy atom. The molecule has 1 saturated carbocycles. The van der Waals surface area contributed by atoms with Crippen LogP contribution in [0.4, 0.5) is 0 Å². The molecule has 0 aromatic heterocycles. The van der Waals surface area contributed by atoms with Crippen molar-refractivity contribution in [2.45, 2.75) is 66.2 Å². The maximum atomic E-state index is 2.40. The maximum Gasteiger partial charge on any atom is -0.0246 e. The van der Waals surface area contributed by atoms with Gasteiger partial charge in [0.1, 0.15) is 0 Å². The lowest BCUT2D eigenvalue weighted by Crippen LogP contribution is -2.30. The summed E-state index contributed by atoms with van der Waals surface area (Å²) in [4.78, 5) is 0. The highest BCUT2D eigenvalue weighted by Crippen LogP contribution is 2.54. The first-order valence-corrected chi connectivity index (χ1v) is 6.25. The van der Waals surface area contributed by atoms with E-state index in [1.54, 1.807) is 0 Å². The summed E-state index contributed by atoms with van der Waals surface area (Å²) in [6.07, 6.45) is 8.60. The molecule has 2 unspecified atom stereocenters. The van der Waals surface area contributed by atoms with E-state index in [9.17, 15) is 0 Å². The summed E-state index contributed by atoms with van der Waals surface area (Å²) in [5.74, 6) is 2.04. The topological polar surface area (TPSA) is 0 Å². The van der Waals surface area contributed by atoms with Gasteiger partial charge in [0.05, 0.1) is 0 Å². The molecule has 0 N–H and O–H groups in total. The highest BCUT2D eigenvalue weighted by atomic mass is 14.5. The molecule has 0 radical (unpaired) electrons. The molecular weight excluding hydrogens is 156 g/mol. The third-order valence-corrected chi connectivity index (χ3v) is 4.79. The maximum absolute atomic E-state index is 2.40. The smallest absolute Gasteiger partial charge is 0.0246 e. The zero-order valence-corrected chi connectivity index (χ0v) is 9.90. The molecular formula is C13H26. The average Bonchev–Trinajstić information content (AvgIpc) is 2.55. The minimum absolute atomic E-state index is 0.712. The minimum Gasteiger partial charge on any atom is -0.0651 e. The first kappa shape index (κ1) is 11.1. The molecule has 0 aromatic carbocycles. The molecule has 0 spiro atoms. The largest absolute Gasteiger partial charge is 0.0651 e.